The molecular weight excluding hydrogens is 388 g/mol. The summed E-state index contributed by atoms with van der Waals surface area (Å²) in [4.78, 5) is 31.2. The maximum atomic E-state index is 12.6. The molecule has 2 aliphatic heterocycles. The smallest absolute Gasteiger partial charge is 0.227 e. The minimum absolute atomic E-state index is 0.00177. The SMILES string of the molecule is CNC(=O)C(CCC=O)C1=CCC(C)c2c1cccc2N1CC(N2CCN(C)CC2)C1. The maximum Gasteiger partial charge on any atom is 0.227 e. The average molecular weight is 425 g/mol. The zero-order valence-corrected chi connectivity index (χ0v) is 19.1. The quantitative estimate of drug-likeness (QED) is 0.681. The summed E-state index contributed by atoms with van der Waals surface area (Å²) in [6.07, 6.45) is 5.03. The first kappa shape index (κ1) is 22.0. The lowest BCUT2D eigenvalue weighted by molar-refractivity contribution is -0.123. The van der Waals surface area contributed by atoms with Gasteiger partial charge in [0.25, 0.3) is 0 Å². The maximum absolute atomic E-state index is 12.6. The molecule has 0 aromatic heterocycles. The van der Waals surface area contributed by atoms with Gasteiger partial charge in [-0.25, -0.2) is 0 Å². The summed E-state index contributed by atoms with van der Waals surface area (Å²) in [6.45, 7) is 9.08. The lowest BCUT2D eigenvalue weighted by Gasteiger charge is -2.50. The van der Waals surface area contributed by atoms with Crippen molar-refractivity contribution in [3.63, 3.8) is 0 Å². The summed E-state index contributed by atoms with van der Waals surface area (Å²) in [7, 11) is 3.88. The molecule has 0 bridgehead atoms. The number of benzene rings is 1. The van der Waals surface area contributed by atoms with E-state index in [0.29, 0.717) is 24.8 Å². The molecule has 0 saturated carbocycles. The Labute approximate surface area is 186 Å². The molecule has 4 rings (SSSR count). The number of nitrogens with one attached hydrogen (secondary N) is 1. The molecule has 168 valence electrons. The van der Waals surface area contributed by atoms with Crippen molar-refractivity contribution in [2.45, 2.75) is 38.1 Å². The topological polar surface area (TPSA) is 55.9 Å². The van der Waals surface area contributed by atoms with Gasteiger partial charge in [0.05, 0.1) is 5.92 Å². The second kappa shape index (κ2) is 9.53. The molecule has 3 aliphatic rings. The second-order valence-electron chi connectivity index (χ2n) is 9.34. The van der Waals surface area contributed by atoms with Crippen LogP contribution in [0.15, 0.2) is 24.3 Å². The Morgan fingerprint density at radius 2 is 1.97 bits per heavy atom. The number of fused-ring (bicyclic) bond motifs is 1. The van der Waals surface area contributed by atoms with Gasteiger partial charge in [-0.3, -0.25) is 9.69 Å². The monoisotopic (exact) mass is 424 g/mol. The number of rotatable bonds is 7. The van der Waals surface area contributed by atoms with E-state index in [1.165, 1.54) is 16.8 Å². The zero-order chi connectivity index (χ0) is 22.0. The molecule has 1 N–H and O–H groups in total. The number of carbonyl (C=O) groups excluding carboxylic acids is 2. The number of carbonyl (C=O) groups is 2. The summed E-state index contributed by atoms with van der Waals surface area (Å²) in [5.41, 5.74) is 4.98. The summed E-state index contributed by atoms with van der Waals surface area (Å²) >= 11 is 0. The Bertz CT molecular complexity index is 838. The van der Waals surface area contributed by atoms with E-state index in [2.05, 4.69) is 58.3 Å². The molecule has 2 unspecified atom stereocenters. The van der Waals surface area contributed by atoms with E-state index in [-0.39, 0.29) is 11.8 Å². The Balaban J connectivity index is 1.55. The van der Waals surface area contributed by atoms with E-state index in [1.807, 2.05) is 0 Å². The van der Waals surface area contributed by atoms with Gasteiger partial charge in [0.2, 0.25) is 5.91 Å². The molecule has 2 saturated heterocycles. The Kier molecular flexibility index (Phi) is 6.77. The summed E-state index contributed by atoms with van der Waals surface area (Å²) < 4.78 is 0. The van der Waals surface area contributed by atoms with Crippen molar-refractivity contribution in [3.8, 4) is 0 Å². The van der Waals surface area contributed by atoms with Crippen LogP contribution >= 0.6 is 0 Å². The Morgan fingerprint density at radius 3 is 2.65 bits per heavy atom. The largest absolute Gasteiger partial charge is 0.368 e. The number of nitrogens with zero attached hydrogens (tertiary/aromatic N) is 3. The highest BCUT2D eigenvalue weighted by atomic mass is 16.1. The zero-order valence-electron chi connectivity index (χ0n) is 19.1. The molecule has 6 heteroatoms. The van der Waals surface area contributed by atoms with Gasteiger partial charge in [-0.2, -0.15) is 0 Å². The minimum atomic E-state index is -0.272. The molecule has 1 amide bonds. The van der Waals surface area contributed by atoms with E-state index in [1.54, 1.807) is 7.05 Å². The molecule has 2 fully saturated rings. The number of likely N-dealkylation sites (N-methyl/N-ethyl adjacent to an activating group) is 1. The highest BCUT2D eigenvalue weighted by molar-refractivity contribution is 5.94. The lowest BCUT2D eigenvalue weighted by Crippen LogP contribution is -2.63. The van der Waals surface area contributed by atoms with Gasteiger partial charge >= 0.3 is 0 Å². The van der Waals surface area contributed by atoms with Crippen molar-refractivity contribution in [3.05, 3.63) is 35.4 Å². The molecule has 0 spiro atoms. The fourth-order valence-electron chi connectivity index (χ4n) is 5.37. The molecule has 0 radical (unpaired) electrons. The normalized spacial score (nSPS) is 23.5. The van der Waals surface area contributed by atoms with Crippen LogP contribution in [-0.2, 0) is 9.59 Å². The van der Waals surface area contributed by atoms with Crippen LogP contribution in [0.5, 0.6) is 0 Å². The van der Waals surface area contributed by atoms with Crippen LogP contribution in [0, 0.1) is 5.92 Å². The van der Waals surface area contributed by atoms with Crippen molar-refractivity contribution in [2.75, 3.05) is 58.3 Å². The molecule has 2 heterocycles. The highest BCUT2D eigenvalue weighted by Crippen LogP contribution is 2.44. The van der Waals surface area contributed by atoms with Gasteiger partial charge in [-0.15, -0.1) is 0 Å². The van der Waals surface area contributed by atoms with E-state index >= 15 is 0 Å². The van der Waals surface area contributed by atoms with Gasteiger partial charge < -0.3 is 19.9 Å². The van der Waals surface area contributed by atoms with Crippen molar-refractivity contribution < 1.29 is 9.59 Å². The van der Waals surface area contributed by atoms with Crippen molar-refractivity contribution >= 4 is 23.5 Å². The van der Waals surface area contributed by atoms with Gasteiger partial charge in [0, 0.05) is 64.5 Å². The van der Waals surface area contributed by atoms with E-state index in [9.17, 15) is 9.59 Å². The standard InChI is InChI=1S/C25H36N4O2/c1-18-9-10-20(22(7-5-15-30)25(31)26-2)21-6-4-8-23(24(18)21)29-16-19(17-29)28-13-11-27(3)12-14-28/h4,6,8,10,15,18-19,22H,5,7,9,11-14,16-17H2,1-3H3,(H,26,31). The van der Waals surface area contributed by atoms with Crippen molar-refractivity contribution in [1.82, 2.24) is 15.1 Å². The van der Waals surface area contributed by atoms with Crippen molar-refractivity contribution in [1.29, 1.82) is 0 Å². The van der Waals surface area contributed by atoms with E-state index in [0.717, 1.165) is 57.5 Å². The van der Waals surface area contributed by atoms with Crippen LogP contribution < -0.4 is 10.2 Å². The molecule has 6 nitrogen and oxygen atoms in total. The molecule has 2 atom stereocenters. The molecule has 1 aromatic rings. The summed E-state index contributed by atoms with van der Waals surface area (Å²) in [5, 5.41) is 2.80. The van der Waals surface area contributed by atoms with Gasteiger partial charge in [0.15, 0.2) is 0 Å². The summed E-state index contributed by atoms with van der Waals surface area (Å²) in [6, 6.07) is 7.18. The molecule has 1 aromatic carbocycles. The third-order valence-corrected chi connectivity index (χ3v) is 7.35. The van der Waals surface area contributed by atoms with E-state index < -0.39 is 0 Å². The van der Waals surface area contributed by atoms with Gasteiger partial charge in [0.1, 0.15) is 6.29 Å². The minimum Gasteiger partial charge on any atom is -0.368 e. The number of piperazine rings is 1. The van der Waals surface area contributed by atoms with Crippen LogP contribution in [0.3, 0.4) is 0 Å². The van der Waals surface area contributed by atoms with Crippen molar-refractivity contribution in [2.24, 2.45) is 5.92 Å². The predicted molar refractivity (Wildman–Crippen MR) is 125 cm³/mol. The van der Waals surface area contributed by atoms with Gasteiger partial charge in [-0.1, -0.05) is 25.1 Å². The van der Waals surface area contributed by atoms with Crippen LogP contribution in [0.1, 0.15) is 43.2 Å². The fraction of sp³-hybridized carbons (Fsp3) is 0.600. The number of amides is 1. The average Bonchev–Trinajstić information content (AvgIpc) is 2.75. The highest BCUT2D eigenvalue weighted by Gasteiger charge is 2.36. The Hall–Kier alpha value is -2.18. The molecule has 1 aliphatic carbocycles. The second-order valence-corrected chi connectivity index (χ2v) is 9.34. The lowest BCUT2D eigenvalue weighted by atomic mass is 9.76. The number of hydrogen-bond donors (Lipinski definition) is 1. The Morgan fingerprint density at radius 1 is 1.23 bits per heavy atom. The third kappa shape index (κ3) is 4.41. The summed E-state index contributed by atoms with van der Waals surface area (Å²) in [5.74, 6) is 0.151. The van der Waals surface area contributed by atoms with Crippen LogP contribution in [0.2, 0.25) is 0 Å². The first-order chi connectivity index (χ1) is 15.0. The van der Waals surface area contributed by atoms with Crippen LogP contribution in [-0.4, -0.2) is 81.4 Å². The predicted octanol–water partition coefficient (Wildman–Crippen LogP) is 2.35. The van der Waals surface area contributed by atoms with E-state index in [4.69, 9.17) is 0 Å². The van der Waals surface area contributed by atoms with Crippen LogP contribution in [0.25, 0.3) is 5.57 Å². The first-order valence-corrected chi connectivity index (χ1v) is 11.7. The van der Waals surface area contributed by atoms with Crippen LogP contribution in [0.4, 0.5) is 5.69 Å². The molecule has 31 heavy (non-hydrogen) atoms. The number of anilines is 1. The fourth-order valence-corrected chi connectivity index (χ4v) is 5.37. The molecular formula is C25H36N4O2. The number of aldehydes is 1. The van der Waals surface area contributed by atoms with Gasteiger partial charge in [-0.05, 0) is 48.6 Å². The number of allylic oxidation sites excluding steroid dienone is 1. The number of hydrogen-bond acceptors (Lipinski definition) is 5. The third-order valence-electron chi connectivity index (χ3n) is 7.35. The first-order valence-electron chi connectivity index (χ1n) is 11.7.